The van der Waals surface area contributed by atoms with Crippen LogP contribution < -0.4 is 0 Å². The summed E-state index contributed by atoms with van der Waals surface area (Å²) in [5.41, 5.74) is -2.29. The summed E-state index contributed by atoms with van der Waals surface area (Å²) in [4.78, 5) is 25.5. The van der Waals surface area contributed by atoms with Crippen LogP contribution in [0.25, 0.3) is 0 Å². The van der Waals surface area contributed by atoms with E-state index in [1.807, 2.05) is 13.8 Å². The Hall–Kier alpha value is -1.06. The normalized spacial score (nSPS) is 30.3. The number of carboxylic acid groups (broad SMARTS) is 2. The van der Waals surface area contributed by atoms with Crippen LogP contribution in [0.3, 0.4) is 0 Å². The molecular formula is C24H44O4. The lowest BCUT2D eigenvalue weighted by molar-refractivity contribution is -0.197. The molecule has 164 valence electrons. The molecule has 0 aromatic carbocycles. The van der Waals surface area contributed by atoms with Gasteiger partial charge in [0.1, 0.15) is 0 Å². The highest BCUT2D eigenvalue weighted by molar-refractivity contribution is 5.87. The van der Waals surface area contributed by atoms with E-state index in [9.17, 15) is 19.8 Å². The minimum Gasteiger partial charge on any atom is -0.481 e. The van der Waals surface area contributed by atoms with E-state index in [4.69, 9.17) is 0 Å². The van der Waals surface area contributed by atoms with Gasteiger partial charge in [-0.3, -0.25) is 9.59 Å². The van der Waals surface area contributed by atoms with Crippen LogP contribution in [0.2, 0.25) is 0 Å². The monoisotopic (exact) mass is 396 g/mol. The number of carbonyl (C=O) groups is 2. The van der Waals surface area contributed by atoms with Crippen LogP contribution in [0.15, 0.2) is 0 Å². The van der Waals surface area contributed by atoms with Crippen LogP contribution >= 0.6 is 0 Å². The first-order chi connectivity index (χ1) is 13.3. The van der Waals surface area contributed by atoms with Crippen LogP contribution in [0.5, 0.6) is 0 Å². The average molecular weight is 397 g/mol. The van der Waals surface area contributed by atoms with E-state index in [1.54, 1.807) is 0 Å². The van der Waals surface area contributed by atoms with Crippen molar-refractivity contribution < 1.29 is 19.8 Å². The smallest absolute Gasteiger partial charge is 0.311 e. The maximum atomic E-state index is 12.7. The molecular weight excluding hydrogens is 352 g/mol. The molecule has 4 nitrogen and oxygen atoms in total. The van der Waals surface area contributed by atoms with Crippen LogP contribution in [-0.2, 0) is 9.59 Å². The number of unbranched alkanes of at least 4 members (excludes halogenated alkanes) is 8. The Morgan fingerprint density at radius 3 is 1.29 bits per heavy atom. The highest BCUT2D eigenvalue weighted by atomic mass is 16.4. The fourth-order valence-corrected chi connectivity index (χ4v) is 5.84. The predicted molar refractivity (Wildman–Crippen MR) is 114 cm³/mol. The molecule has 0 radical (unpaired) electrons. The molecule has 0 bridgehead atoms. The van der Waals surface area contributed by atoms with Gasteiger partial charge in [-0.25, -0.2) is 0 Å². The van der Waals surface area contributed by atoms with Crippen LogP contribution in [-0.4, -0.2) is 22.2 Å². The number of aliphatic carboxylic acids is 2. The zero-order valence-electron chi connectivity index (χ0n) is 18.8. The summed E-state index contributed by atoms with van der Waals surface area (Å²) in [6.45, 7) is 8.30. The van der Waals surface area contributed by atoms with Gasteiger partial charge in [0.2, 0.25) is 0 Å². The van der Waals surface area contributed by atoms with E-state index < -0.39 is 22.8 Å². The average Bonchev–Trinajstić information content (AvgIpc) is 2.65. The Labute approximate surface area is 172 Å². The lowest BCUT2D eigenvalue weighted by Gasteiger charge is -2.55. The molecule has 1 aliphatic carbocycles. The van der Waals surface area contributed by atoms with Gasteiger partial charge in [-0.05, 0) is 37.5 Å². The first-order valence-corrected chi connectivity index (χ1v) is 11.8. The summed E-state index contributed by atoms with van der Waals surface area (Å²) >= 11 is 0. The van der Waals surface area contributed by atoms with Crippen molar-refractivity contribution >= 4 is 11.9 Å². The molecule has 0 aromatic heterocycles. The van der Waals surface area contributed by atoms with E-state index in [0.717, 1.165) is 77.0 Å². The lowest BCUT2D eigenvalue weighted by atomic mass is 9.45. The van der Waals surface area contributed by atoms with Crippen molar-refractivity contribution in [1.82, 2.24) is 0 Å². The van der Waals surface area contributed by atoms with Gasteiger partial charge in [-0.2, -0.15) is 0 Å². The van der Waals surface area contributed by atoms with Crippen LogP contribution in [0.4, 0.5) is 0 Å². The van der Waals surface area contributed by atoms with Crippen molar-refractivity contribution in [1.29, 1.82) is 0 Å². The van der Waals surface area contributed by atoms with Gasteiger partial charge >= 0.3 is 11.9 Å². The van der Waals surface area contributed by atoms with Crippen molar-refractivity contribution in [2.24, 2.45) is 22.7 Å². The fourth-order valence-electron chi connectivity index (χ4n) is 5.84. The van der Waals surface area contributed by atoms with E-state index in [0.29, 0.717) is 12.8 Å². The lowest BCUT2D eigenvalue weighted by Crippen LogP contribution is -2.61. The van der Waals surface area contributed by atoms with Crippen molar-refractivity contribution in [2.45, 2.75) is 118 Å². The summed E-state index contributed by atoms with van der Waals surface area (Å²) in [5, 5.41) is 20.9. The summed E-state index contributed by atoms with van der Waals surface area (Å²) in [7, 11) is 0. The van der Waals surface area contributed by atoms with Crippen molar-refractivity contribution in [3.05, 3.63) is 0 Å². The Bertz CT molecular complexity index is 445. The van der Waals surface area contributed by atoms with Gasteiger partial charge in [0.25, 0.3) is 0 Å². The second-order valence-corrected chi connectivity index (χ2v) is 9.26. The molecule has 28 heavy (non-hydrogen) atoms. The topological polar surface area (TPSA) is 74.6 Å². The van der Waals surface area contributed by atoms with Crippen molar-refractivity contribution in [2.75, 3.05) is 0 Å². The summed E-state index contributed by atoms with van der Waals surface area (Å²) < 4.78 is 0. The molecule has 4 unspecified atom stereocenters. The molecule has 0 aromatic rings. The largest absolute Gasteiger partial charge is 0.481 e. The molecule has 1 fully saturated rings. The van der Waals surface area contributed by atoms with Gasteiger partial charge in [0.05, 0.1) is 10.8 Å². The molecule has 1 saturated carbocycles. The maximum absolute atomic E-state index is 12.7. The van der Waals surface area contributed by atoms with Crippen molar-refractivity contribution in [3.63, 3.8) is 0 Å². The van der Waals surface area contributed by atoms with Crippen molar-refractivity contribution in [3.8, 4) is 0 Å². The predicted octanol–water partition coefficient (Wildman–Crippen LogP) is 6.92. The second-order valence-electron chi connectivity index (χ2n) is 9.26. The summed E-state index contributed by atoms with van der Waals surface area (Å²) in [6.07, 6.45) is 13.1. The van der Waals surface area contributed by atoms with Gasteiger partial charge in [-0.1, -0.05) is 91.9 Å². The molecule has 0 saturated heterocycles. The third-order valence-electron chi connectivity index (χ3n) is 7.62. The van der Waals surface area contributed by atoms with Gasteiger partial charge < -0.3 is 10.2 Å². The highest BCUT2D eigenvalue weighted by Crippen LogP contribution is 2.61. The molecule has 0 aliphatic heterocycles. The van der Waals surface area contributed by atoms with Gasteiger partial charge in [0, 0.05) is 0 Å². The Morgan fingerprint density at radius 2 is 1.00 bits per heavy atom. The first kappa shape index (κ1) is 25.0. The number of hydrogen-bond donors (Lipinski definition) is 2. The molecule has 0 heterocycles. The molecule has 4 heteroatoms. The van der Waals surface area contributed by atoms with Gasteiger partial charge in [0.15, 0.2) is 0 Å². The minimum atomic E-state index is -1.15. The molecule has 1 aliphatic rings. The fraction of sp³-hybridized carbons (Fsp3) is 0.917. The maximum Gasteiger partial charge on any atom is 0.311 e. The number of hydrogen-bond acceptors (Lipinski definition) is 2. The summed E-state index contributed by atoms with van der Waals surface area (Å²) in [6, 6.07) is 0. The second kappa shape index (κ2) is 11.8. The van der Waals surface area contributed by atoms with E-state index >= 15 is 0 Å². The molecule has 2 N–H and O–H groups in total. The third-order valence-corrected chi connectivity index (χ3v) is 7.62. The van der Waals surface area contributed by atoms with Gasteiger partial charge in [-0.15, -0.1) is 0 Å². The zero-order chi connectivity index (χ0) is 21.2. The summed E-state index contributed by atoms with van der Waals surface area (Å²) in [5.74, 6) is -1.95. The molecule has 0 spiro atoms. The van der Waals surface area contributed by atoms with E-state index in [1.165, 1.54) is 0 Å². The number of carboxylic acids is 2. The standard InChI is InChI=1S/C24H44O4/c1-5-7-9-11-13-17-23(21(25)26)19(3)15-16-20(4)24(23,22(27)28)18-14-12-10-8-6-2/h19-20H,5-18H2,1-4H3,(H,25,26)(H,27,28). The number of rotatable bonds is 14. The third kappa shape index (κ3) is 5.10. The Morgan fingerprint density at radius 1 is 0.679 bits per heavy atom. The molecule has 1 rings (SSSR count). The Balaban J connectivity index is 3.16. The quantitative estimate of drug-likeness (QED) is 0.313. The van der Waals surface area contributed by atoms with E-state index in [2.05, 4.69) is 13.8 Å². The highest BCUT2D eigenvalue weighted by Gasteiger charge is 2.66. The minimum absolute atomic E-state index is 0.0980. The van der Waals surface area contributed by atoms with E-state index in [-0.39, 0.29) is 11.8 Å². The SMILES string of the molecule is CCCCCCCC1(C(=O)O)C(C)CCC(C)C1(CCCCCCC)C(=O)O. The van der Waals surface area contributed by atoms with Crippen LogP contribution in [0.1, 0.15) is 118 Å². The zero-order valence-corrected chi connectivity index (χ0v) is 18.8. The Kier molecular flexibility index (Phi) is 10.5. The molecule has 4 atom stereocenters. The first-order valence-electron chi connectivity index (χ1n) is 11.8. The van der Waals surface area contributed by atoms with Crippen LogP contribution in [0, 0.1) is 22.7 Å². The molecule has 0 amide bonds.